The summed E-state index contributed by atoms with van der Waals surface area (Å²) in [6, 6.07) is 13.2. The number of carboxylic acids is 1. The van der Waals surface area contributed by atoms with Crippen molar-refractivity contribution in [2.75, 3.05) is 0 Å². The van der Waals surface area contributed by atoms with Gasteiger partial charge >= 0.3 is 12.1 Å². The summed E-state index contributed by atoms with van der Waals surface area (Å²) in [5.41, 5.74) is 2.61. The van der Waals surface area contributed by atoms with Crippen molar-refractivity contribution in [2.45, 2.75) is 62.8 Å². The Labute approximate surface area is 189 Å². The van der Waals surface area contributed by atoms with Crippen molar-refractivity contribution in [1.29, 1.82) is 0 Å². The predicted octanol–water partition coefficient (Wildman–Crippen LogP) is 7.14. The van der Waals surface area contributed by atoms with E-state index in [9.17, 15) is 23.1 Å². The molecule has 0 bridgehead atoms. The first-order chi connectivity index (χ1) is 15.8. The summed E-state index contributed by atoms with van der Waals surface area (Å²) in [5, 5.41) is 10.4. The maximum Gasteiger partial charge on any atom is 0.416 e. The van der Waals surface area contributed by atoms with Crippen LogP contribution in [0.3, 0.4) is 0 Å². The number of rotatable bonds is 6. The van der Waals surface area contributed by atoms with Crippen molar-refractivity contribution in [3.63, 3.8) is 0 Å². The van der Waals surface area contributed by atoms with Gasteiger partial charge in [0.2, 0.25) is 0 Å². The number of carbonyl (C=O) groups is 1. The number of fused-ring (bicyclic) bond motifs is 3. The Balaban J connectivity index is 1.53. The van der Waals surface area contributed by atoms with Crippen molar-refractivity contribution in [3.8, 4) is 0 Å². The van der Waals surface area contributed by atoms with Gasteiger partial charge in [0.1, 0.15) is 0 Å². The number of nitrogens with one attached hydrogen (secondary N) is 1. The smallest absolute Gasteiger partial charge is 0.416 e. The molecular weight excluding hydrogens is 431 g/mol. The molecule has 1 aromatic heterocycles. The maximum absolute atomic E-state index is 13.4. The van der Waals surface area contributed by atoms with E-state index in [0.717, 1.165) is 53.9 Å². The number of H-pyrrole nitrogens is 1. The lowest BCUT2D eigenvalue weighted by Gasteiger charge is -2.29. The number of halogens is 3. The molecule has 3 atom stereocenters. The van der Waals surface area contributed by atoms with Crippen molar-refractivity contribution in [1.82, 2.24) is 4.98 Å². The lowest BCUT2D eigenvalue weighted by atomic mass is 9.92. The number of hydrogen-bond acceptors (Lipinski definition) is 2. The van der Waals surface area contributed by atoms with Gasteiger partial charge in [-0.05, 0) is 48.9 Å². The number of aliphatic carboxylic acids is 1. The maximum atomic E-state index is 13.4. The van der Waals surface area contributed by atoms with Crippen LogP contribution in [0, 0.1) is 5.92 Å². The fourth-order valence-electron chi connectivity index (χ4n) is 5.66. The third-order valence-electron chi connectivity index (χ3n) is 7.11. The SMILES string of the molecule is O=C(O)CC1CC(OC(c2cccc(C(F)(F)F)c2)C2CCCC2)c2c1[nH]c1ccccc21. The molecule has 4 nitrogen and oxygen atoms in total. The number of ether oxygens (including phenoxy) is 1. The third kappa shape index (κ3) is 4.26. The van der Waals surface area contributed by atoms with Crippen LogP contribution in [0.1, 0.15) is 79.0 Å². The van der Waals surface area contributed by atoms with E-state index in [0.29, 0.717) is 12.0 Å². The lowest BCUT2D eigenvalue weighted by Crippen LogP contribution is -2.17. The van der Waals surface area contributed by atoms with Gasteiger partial charge in [0.25, 0.3) is 0 Å². The minimum atomic E-state index is -4.42. The van der Waals surface area contributed by atoms with E-state index in [2.05, 4.69) is 4.98 Å². The van der Waals surface area contributed by atoms with Crippen LogP contribution in [0.5, 0.6) is 0 Å². The minimum Gasteiger partial charge on any atom is -0.481 e. The van der Waals surface area contributed by atoms with Crippen LogP contribution in [-0.2, 0) is 15.7 Å². The number of aromatic nitrogens is 1. The average Bonchev–Trinajstić information content (AvgIpc) is 3.49. The summed E-state index contributed by atoms with van der Waals surface area (Å²) in [5.74, 6) is -0.961. The van der Waals surface area contributed by atoms with Gasteiger partial charge in [-0.1, -0.05) is 43.2 Å². The molecule has 2 N–H and O–H groups in total. The largest absolute Gasteiger partial charge is 0.481 e. The van der Waals surface area contributed by atoms with Crippen molar-refractivity contribution < 1.29 is 27.8 Å². The average molecular weight is 457 g/mol. The molecule has 1 fully saturated rings. The van der Waals surface area contributed by atoms with Gasteiger partial charge in [-0.15, -0.1) is 0 Å². The second-order valence-electron chi connectivity index (χ2n) is 9.24. The third-order valence-corrected chi connectivity index (χ3v) is 7.11. The van der Waals surface area contributed by atoms with Gasteiger partial charge in [-0.25, -0.2) is 0 Å². The molecule has 2 aliphatic carbocycles. The van der Waals surface area contributed by atoms with Crippen LogP contribution in [-0.4, -0.2) is 16.1 Å². The number of carboxylic acid groups (broad SMARTS) is 1. The Bertz CT molecular complexity index is 1160. The van der Waals surface area contributed by atoms with Gasteiger partial charge in [0.15, 0.2) is 0 Å². The Hall–Kier alpha value is -2.80. The summed E-state index contributed by atoms with van der Waals surface area (Å²) in [6.07, 6.45) is -0.884. The highest BCUT2D eigenvalue weighted by Crippen LogP contribution is 2.51. The topological polar surface area (TPSA) is 62.3 Å². The molecule has 0 radical (unpaired) electrons. The van der Waals surface area contributed by atoms with E-state index in [1.165, 1.54) is 12.1 Å². The van der Waals surface area contributed by atoms with Gasteiger partial charge in [0.05, 0.1) is 24.2 Å². The van der Waals surface area contributed by atoms with Crippen LogP contribution in [0.15, 0.2) is 48.5 Å². The Morgan fingerprint density at radius 2 is 1.88 bits per heavy atom. The number of hydrogen-bond donors (Lipinski definition) is 2. The van der Waals surface area contributed by atoms with Crippen molar-refractivity contribution in [2.24, 2.45) is 5.92 Å². The van der Waals surface area contributed by atoms with E-state index >= 15 is 0 Å². The molecule has 3 unspecified atom stereocenters. The second-order valence-corrected chi connectivity index (χ2v) is 9.24. The molecule has 1 saturated carbocycles. The molecule has 7 heteroatoms. The first-order valence-corrected chi connectivity index (χ1v) is 11.5. The summed E-state index contributed by atoms with van der Waals surface area (Å²) in [6.45, 7) is 0. The second kappa shape index (κ2) is 8.52. The lowest BCUT2D eigenvalue weighted by molar-refractivity contribution is -0.138. The van der Waals surface area contributed by atoms with E-state index in [1.807, 2.05) is 24.3 Å². The van der Waals surface area contributed by atoms with Crippen LogP contribution in [0.2, 0.25) is 0 Å². The minimum absolute atomic E-state index is 0.0165. The molecule has 0 amide bonds. The molecule has 5 rings (SSSR count). The number of benzene rings is 2. The molecule has 2 aromatic carbocycles. The van der Waals surface area contributed by atoms with E-state index in [4.69, 9.17) is 4.74 Å². The molecule has 174 valence electrons. The van der Waals surface area contributed by atoms with Crippen molar-refractivity contribution >= 4 is 16.9 Å². The van der Waals surface area contributed by atoms with Crippen LogP contribution >= 0.6 is 0 Å². The van der Waals surface area contributed by atoms with E-state index < -0.39 is 23.8 Å². The zero-order valence-corrected chi connectivity index (χ0v) is 18.1. The fourth-order valence-corrected chi connectivity index (χ4v) is 5.66. The first kappa shape index (κ1) is 22.0. The highest BCUT2D eigenvalue weighted by molar-refractivity contribution is 5.86. The monoisotopic (exact) mass is 457 g/mol. The highest BCUT2D eigenvalue weighted by atomic mass is 19.4. The van der Waals surface area contributed by atoms with Crippen LogP contribution in [0.4, 0.5) is 13.2 Å². The molecule has 33 heavy (non-hydrogen) atoms. The Morgan fingerprint density at radius 1 is 1.12 bits per heavy atom. The molecule has 1 heterocycles. The fraction of sp³-hybridized carbons (Fsp3) is 0.423. The molecule has 0 aliphatic heterocycles. The zero-order valence-electron chi connectivity index (χ0n) is 18.1. The quantitative estimate of drug-likeness (QED) is 0.414. The first-order valence-electron chi connectivity index (χ1n) is 11.5. The molecular formula is C26H26F3NO3. The number of para-hydroxylation sites is 1. The predicted molar refractivity (Wildman–Crippen MR) is 118 cm³/mol. The molecule has 0 saturated heterocycles. The van der Waals surface area contributed by atoms with Crippen LogP contribution < -0.4 is 0 Å². The van der Waals surface area contributed by atoms with Crippen molar-refractivity contribution in [3.05, 3.63) is 70.9 Å². The molecule has 2 aliphatic rings. The van der Waals surface area contributed by atoms with Gasteiger partial charge in [0, 0.05) is 28.1 Å². The van der Waals surface area contributed by atoms with Gasteiger partial charge in [-0.2, -0.15) is 13.2 Å². The molecule has 3 aromatic rings. The normalized spacial score (nSPS) is 22.0. The van der Waals surface area contributed by atoms with Gasteiger partial charge < -0.3 is 14.8 Å². The standard InChI is InChI=1S/C26H26F3NO3/c27-26(28,29)18-9-5-8-16(12-18)25(15-6-1-2-7-15)33-21-13-17(14-22(31)32)24-23(21)19-10-3-4-11-20(19)30-24/h3-5,8-12,15,17,21,25,30H,1-2,6-7,13-14H2,(H,31,32). The van der Waals surface area contributed by atoms with Crippen LogP contribution in [0.25, 0.3) is 10.9 Å². The van der Waals surface area contributed by atoms with E-state index in [1.54, 1.807) is 6.07 Å². The number of alkyl halides is 3. The Kier molecular flexibility index (Phi) is 5.69. The summed E-state index contributed by atoms with van der Waals surface area (Å²) in [4.78, 5) is 14.9. The highest BCUT2D eigenvalue weighted by Gasteiger charge is 2.40. The summed E-state index contributed by atoms with van der Waals surface area (Å²) < 4.78 is 46.9. The summed E-state index contributed by atoms with van der Waals surface area (Å²) >= 11 is 0. The Morgan fingerprint density at radius 3 is 2.61 bits per heavy atom. The molecule has 0 spiro atoms. The summed E-state index contributed by atoms with van der Waals surface area (Å²) in [7, 11) is 0. The number of aromatic amines is 1. The van der Waals surface area contributed by atoms with E-state index in [-0.39, 0.29) is 24.4 Å². The van der Waals surface area contributed by atoms with Gasteiger partial charge in [-0.3, -0.25) is 4.79 Å². The zero-order chi connectivity index (χ0) is 23.2.